The summed E-state index contributed by atoms with van der Waals surface area (Å²) in [6, 6.07) is 11.7. The van der Waals surface area contributed by atoms with E-state index in [9.17, 15) is 0 Å². The van der Waals surface area contributed by atoms with Crippen LogP contribution in [0.15, 0.2) is 109 Å². The Morgan fingerprint density at radius 3 is 2.02 bits per heavy atom. The molecular formula is C49H77N. The Hall–Kier alpha value is -3.42. The topological polar surface area (TPSA) is 26.0 Å². The number of fused-ring (bicyclic) bond motifs is 1. The van der Waals surface area contributed by atoms with E-state index in [4.69, 9.17) is 0 Å². The van der Waals surface area contributed by atoms with Crippen LogP contribution in [0.3, 0.4) is 0 Å². The van der Waals surface area contributed by atoms with Crippen molar-refractivity contribution in [3.8, 4) is 0 Å². The first-order valence-corrected chi connectivity index (χ1v) is 19.2. The van der Waals surface area contributed by atoms with E-state index < -0.39 is 0 Å². The fraction of sp³-hybridized carbons (Fsp3) is 0.469. The molecule has 1 aliphatic carbocycles. The van der Waals surface area contributed by atoms with Crippen molar-refractivity contribution in [3.05, 3.63) is 148 Å². The molecule has 0 fully saturated rings. The predicted octanol–water partition coefficient (Wildman–Crippen LogP) is 14.9. The number of nitrogens with two attached hydrogens (primary N) is 1. The summed E-state index contributed by atoms with van der Waals surface area (Å²) in [6.45, 7) is 44.8. The highest BCUT2D eigenvalue weighted by Crippen LogP contribution is 2.49. The Morgan fingerprint density at radius 2 is 1.58 bits per heavy atom. The second kappa shape index (κ2) is 24.7. The Bertz CT molecular complexity index is 1460. The van der Waals surface area contributed by atoms with Crippen molar-refractivity contribution >= 4 is 5.57 Å². The zero-order chi connectivity index (χ0) is 39.2. The molecule has 2 N–H and O–H groups in total. The van der Waals surface area contributed by atoms with Crippen LogP contribution in [0, 0.1) is 6.92 Å². The minimum Gasteiger partial charge on any atom is -0.333 e. The molecule has 0 amide bonds. The van der Waals surface area contributed by atoms with Gasteiger partial charge in [0.1, 0.15) is 0 Å². The molecule has 0 saturated carbocycles. The molecule has 50 heavy (non-hydrogen) atoms. The SMILES string of the molecule is C=C(C=C(C)C)CC.C=C/C=C1\Cc2c(cccc2C(C)(CC)c2ccc(/C(C=C)=C/C=C\C)c(C(C)CC)c2C)C1(C)C.CC.CC.CN. The highest BCUT2D eigenvalue weighted by Gasteiger charge is 2.40. The monoisotopic (exact) mass is 680 g/mol. The summed E-state index contributed by atoms with van der Waals surface area (Å²) < 4.78 is 0. The first kappa shape index (κ1) is 48.7. The van der Waals surface area contributed by atoms with E-state index in [0.29, 0.717) is 5.92 Å². The van der Waals surface area contributed by atoms with Gasteiger partial charge in [-0.15, -0.1) is 0 Å². The van der Waals surface area contributed by atoms with E-state index in [1.807, 2.05) is 39.8 Å². The van der Waals surface area contributed by atoms with Crippen molar-refractivity contribution in [3.63, 3.8) is 0 Å². The summed E-state index contributed by atoms with van der Waals surface area (Å²) >= 11 is 0. The highest BCUT2D eigenvalue weighted by atomic mass is 14.4. The first-order valence-electron chi connectivity index (χ1n) is 19.2. The number of hydrogen-bond donors (Lipinski definition) is 1. The molecule has 0 spiro atoms. The molecule has 3 rings (SSSR count). The lowest BCUT2D eigenvalue weighted by atomic mass is 9.68. The Kier molecular flexibility index (Phi) is 24.0. The Labute approximate surface area is 312 Å². The van der Waals surface area contributed by atoms with Crippen LogP contribution in [0.25, 0.3) is 5.57 Å². The van der Waals surface area contributed by atoms with Crippen LogP contribution >= 0.6 is 0 Å². The zero-order valence-corrected chi connectivity index (χ0v) is 35.5. The zero-order valence-electron chi connectivity index (χ0n) is 35.5. The molecule has 0 radical (unpaired) electrons. The number of rotatable bonds is 11. The van der Waals surface area contributed by atoms with Crippen LogP contribution in [0.4, 0.5) is 0 Å². The minimum atomic E-state index is -0.0722. The van der Waals surface area contributed by atoms with Gasteiger partial charge in [0.25, 0.3) is 0 Å². The third-order valence-corrected chi connectivity index (χ3v) is 9.80. The van der Waals surface area contributed by atoms with Gasteiger partial charge in [-0.1, -0.05) is 185 Å². The van der Waals surface area contributed by atoms with Gasteiger partial charge < -0.3 is 5.73 Å². The van der Waals surface area contributed by atoms with Crippen molar-refractivity contribution in [2.45, 2.75) is 146 Å². The van der Waals surface area contributed by atoms with E-state index in [2.05, 4.69) is 162 Å². The van der Waals surface area contributed by atoms with E-state index in [-0.39, 0.29) is 10.8 Å². The van der Waals surface area contributed by atoms with Crippen LogP contribution in [0.1, 0.15) is 161 Å². The molecule has 2 atom stereocenters. The largest absolute Gasteiger partial charge is 0.333 e. The van der Waals surface area contributed by atoms with Crippen LogP contribution in [-0.2, 0) is 17.3 Å². The second-order valence-corrected chi connectivity index (χ2v) is 13.3. The lowest BCUT2D eigenvalue weighted by molar-refractivity contribution is 0.539. The normalized spacial score (nSPS) is 15.2. The van der Waals surface area contributed by atoms with Gasteiger partial charge in [-0.05, 0) is 111 Å². The summed E-state index contributed by atoms with van der Waals surface area (Å²) in [6.07, 6.45) is 18.9. The third kappa shape index (κ3) is 12.1. The molecule has 2 aromatic carbocycles. The summed E-state index contributed by atoms with van der Waals surface area (Å²) in [5.74, 6) is 0.470. The number of hydrogen-bond acceptors (Lipinski definition) is 1. The van der Waals surface area contributed by atoms with Gasteiger partial charge in [-0.25, -0.2) is 0 Å². The smallest absolute Gasteiger partial charge is 0.0177 e. The van der Waals surface area contributed by atoms with Crippen molar-refractivity contribution in [1.82, 2.24) is 0 Å². The molecular weight excluding hydrogens is 603 g/mol. The molecule has 278 valence electrons. The maximum Gasteiger partial charge on any atom is 0.0177 e. The number of allylic oxidation sites excluding steroid dienone is 11. The molecule has 2 unspecified atom stereocenters. The van der Waals surface area contributed by atoms with Crippen LogP contribution in [0.2, 0.25) is 0 Å². The van der Waals surface area contributed by atoms with Crippen molar-refractivity contribution in [1.29, 1.82) is 0 Å². The second-order valence-electron chi connectivity index (χ2n) is 13.3. The molecule has 0 saturated heterocycles. The summed E-state index contributed by atoms with van der Waals surface area (Å²) in [5, 5.41) is 0. The van der Waals surface area contributed by atoms with E-state index >= 15 is 0 Å². The first-order chi connectivity index (χ1) is 23.8. The molecule has 0 aromatic heterocycles. The Balaban J connectivity index is 0. The molecule has 0 aliphatic heterocycles. The lowest BCUT2D eigenvalue weighted by Crippen LogP contribution is -2.27. The summed E-state index contributed by atoms with van der Waals surface area (Å²) in [7, 11) is 1.50. The molecule has 0 bridgehead atoms. The fourth-order valence-electron chi connectivity index (χ4n) is 6.79. The van der Waals surface area contributed by atoms with E-state index in [1.165, 1.54) is 68.3 Å². The van der Waals surface area contributed by atoms with Gasteiger partial charge >= 0.3 is 0 Å². The fourth-order valence-corrected chi connectivity index (χ4v) is 6.79. The molecule has 2 aromatic rings. The van der Waals surface area contributed by atoms with Crippen LogP contribution in [-0.4, -0.2) is 7.05 Å². The quantitative estimate of drug-likeness (QED) is 0.235. The molecule has 0 heterocycles. The van der Waals surface area contributed by atoms with Crippen LogP contribution < -0.4 is 5.73 Å². The van der Waals surface area contributed by atoms with Gasteiger partial charge in [0.15, 0.2) is 0 Å². The highest BCUT2D eigenvalue weighted by molar-refractivity contribution is 5.78. The molecule has 1 nitrogen and oxygen atoms in total. The average molecular weight is 680 g/mol. The molecule has 1 aliphatic rings. The van der Waals surface area contributed by atoms with Gasteiger partial charge in [0.05, 0.1) is 0 Å². The van der Waals surface area contributed by atoms with Gasteiger partial charge in [0.2, 0.25) is 0 Å². The lowest BCUT2D eigenvalue weighted by Gasteiger charge is -2.35. The van der Waals surface area contributed by atoms with E-state index in [1.54, 1.807) is 0 Å². The van der Waals surface area contributed by atoms with Crippen molar-refractivity contribution < 1.29 is 0 Å². The predicted molar refractivity (Wildman–Crippen MR) is 233 cm³/mol. The standard InChI is InChI=1S/C36H46.C8H14.2C2H6.CH5N/c1-11-16-19-27(14-4)29-22-23-31(26(7)34(29)25(6)13-3)36(10,15-5)33-21-17-20-32-30(33)24-28(18-12-2)35(32,8)9;1-5-8(4)6-7(2)3;3*1-2/h11-12,14,16-23,25H,2,4,13,15,24H2,1,3,5-10H3;6H,4-5H2,1-3H3;2*1-2H3;2H2,1H3/b16-11-,27-19+,28-18+;;;;. The number of benzene rings is 2. The maximum atomic E-state index is 4.50. The van der Waals surface area contributed by atoms with Crippen LogP contribution in [0.5, 0.6) is 0 Å². The van der Waals surface area contributed by atoms with Gasteiger partial charge in [-0.2, -0.15) is 0 Å². The minimum absolute atomic E-state index is 0.0332. The van der Waals surface area contributed by atoms with Crippen molar-refractivity contribution in [2.24, 2.45) is 5.73 Å². The third-order valence-electron chi connectivity index (χ3n) is 9.80. The maximum absolute atomic E-state index is 4.50. The molecule has 1 heteroatoms. The summed E-state index contributed by atoms with van der Waals surface area (Å²) in [5.41, 5.74) is 19.8. The van der Waals surface area contributed by atoms with Gasteiger partial charge in [0, 0.05) is 10.8 Å². The van der Waals surface area contributed by atoms with Gasteiger partial charge in [-0.3, -0.25) is 0 Å². The summed E-state index contributed by atoms with van der Waals surface area (Å²) in [4.78, 5) is 0. The average Bonchev–Trinajstić information content (AvgIpc) is 3.39. The van der Waals surface area contributed by atoms with Crippen molar-refractivity contribution in [2.75, 3.05) is 7.05 Å². The Morgan fingerprint density at radius 1 is 0.980 bits per heavy atom. The van der Waals surface area contributed by atoms with E-state index in [0.717, 1.165) is 25.7 Å².